The maximum absolute atomic E-state index is 13.2. The predicted molar refractivity (Wildman–Crippen MR) is 66.0 cm³/mol. The van der Waals surface area contributed by atoms with Crippen molar-refractivity contribution in [3.63, 3.8) is 0 Å². The third-order valence-corrected chi connectivity index (χ3v) is 2.60. The Bertz CT molecular complexity index is 465. The highest BCUT2D eigenvalue weighted by molar-refractivity contribution is 5.69. The minimum atomic E-state index is -0.891. The van der Waals surface area contributed by atoms with E-state index >= 15 is 0 Å². The molecule has 0 aliphatic heterocycles. The first kappa shape index (κ1) is 14.4. The summed E-state index contributed by atoms with van der Waals surface area (Å²) in [6, 6.07) is 3.73. The lowest BCUT2D eigenvalue weighted by Crippen LogP contribution is -1.98. The van der Waals surface area contributed by atoms with Gasteiger partial charge < -0.3 is 5.11 Å². The Kier molecular flexibility index (Phi) is 5.01. The largest absolute Gasteiger partial charge is 0.481 e. The molecule has 1 aromatic carbocycles. The molecule has 0 amide bonds. The second kappa shape index (κ2) is 6.28. The van der Waals surface area contributed by atoms with Crippen LogP contribution in [-0.2, 0) is 4.79 Å². The molecule has 0 saturated carbocycles. The molecule has 0 aliphatic carbocycles. The van der Waals surface area contributed by atoms with Crippen LogP contribution in [0.2, 0.25) is 0 Å². The average Bonchev–Trinajstić information content (AvgIpc) is 2.27. The maximum Gasteiger partial charge on any atom is 0.303 e. The van der Waals surface area contributed by atoms with Gasteiger partial charge in [0.25, 0.3) is 0 Å². The number of hydrogen-bond acceptors (Lipinski definition) is 1. The topological polar surface area (TPSA) is 37.3 Å². The summed E-state index contributed by atoms with van der Waals surface area (Å²) in [5.41, 5.74) is 1.42. The van der Waals surface area contributed by atoms with E-state index in [0.29, 0.717) is 12.0 Å². The molecular weight excluding hydrogens is 238 g/mol. The van der Waals surface area contributed by atoms with Crippen LogP contribution in [0, 0.1) is 17.6 Å². The van der Waals surface area contributed by atoms with Gasteiger partial charge in [0.1, 0.15) is 0 Å². The molecule has 0 spiro atoms. The minimum Gasteiger partial charge on any atom is -0.481 e. The highest BCUT2D eigenvalue weighted by Crippen LogP contribution is 2.25. The summed E-state index contributed by atoms with van der Waals surface area (Å²) in [6.07, 6.45) is 2.17. The van der Waals surface area contributed by atoms with Gasteiger partial charge in [-0.15, -0.1) is 0 Å². The van der Waals surface area contributed by atoms with E-state index in [2.05, 4.69) is 0 Å². The first-order valence-electron chi connectivity index (χ1n) is 5.79. The molecule has 0 bridgehead atoms. The van der Waals surface area contributed by atoms with Crippen LogP contribution in [0.4, 0.5) is 8.78 Å². The second-order valence-electron chi connectivity index (χ2n) is 4.38. The van der Waals surface area contributed by atoms with E-state index in [1.54, 1.807) is 6.08 Å². The third kappa shape index (κ3) is 3.95. The third-order valence-electron chi connectivity index (χ3n) is 2.60. The molecule has 1 aromatic rings. The van der Waals surface area contributed by atoms with Crippen molar-refractivity contribution >= 4 is 11.5 Å². The minimum absolute atomic E-state index is 0.0277. The van der Waals surface area contributed by atoms with Crippen LogP contribution in [0.5, 0.6) is 0 Å². The van der Waals surface area contributed by atoms with Crippen molar-refractivity contribution in [1.29, 1.82) is 0 Å². The molecular formula is C14H16F2O2. The molecule has 98 valence electrons. The van der Waals surface area contributed by atoms with E-state index in [9.17, 15) is 13.6 Å². The maximum atomic E-state index is 13.2. The Morgan fingerprint density at radius 2 is 2.00 bits per heavy atom. The standard InChI is InChI=1S/C14H16F2O2/c1-9(2)11(4-3-5-14(17)18)10-6-7-12(15)13(16)8-10/h4,6-9H,3,5H2,1-2H3,(H,17,18)/b11-4+. The number of carbonyl (C=O) groups is 1. The monoisotopic (exact) mass is 254 g/mol. The summed E-state index contributed by atoms with van der Waals surface area (Å²) >= 11 is 0. The van der Waals surface area contributed by atoms with E-state index in [1.165, 1.54) is 6.07 Å². The fourth-order valence-corrected chi connectivity index (χ4v) is 1.71. The molecule has 0 radical (unpaired) electrons. The zero-order valence-corrected chi connectivity index (χ0v) is 10.4. The van der Waals surface area contributed by atoms with Gasteiger partial charge in [0.05, 0.1) is 0 Å². The van der Waals surface area contributed by atoms with Gasteiger partial charge in [-0.1, -0.05) is 26.0 Å². The number of aliphatic carboxylic acids is 1. The lowest BCUT2D eigenvalue weighted by atomic mass is 9.94. The van der Waals surface area contributed by atoms with E-state index in [4.69, 9.17) is 5.11 Å². The van der Waals surface area contributed by atoms with Crippen LogP contribution in [-0.4, -0.2) is 11.1 Å². The highest BCUT2D eigenvalue weighted by atomic mass is 19.2. The number of rotatable bonds is 5. The van der Waals surface area contributed by atoms with E-state index in [-0.39, 0.29) is 12.3 Å². The van der Waals surface area contributed by atoms with Crippen molar-refractivity contribution < 1.29 is 18.7 Å². The summed E-state index contributed by atoms with van der Waals surface area (Å²) in [4.78, 5) is 10.4. The van der Waals surface area contributed by atoms with Crippen molar-refractivity contribution in [1.82, 2.24) is 0 Å². The molecule has 0 saturated heterocycles. The van der Waals surface area contributed by atoms with Crippen molar-refractivity contribution in [3.05, 3.63) is 41.5 Å². The van der Waals surface area contributed by atoms with Crippen LogP contribution < -0.4 is 0 Å². The number of halogens is 2. The molecule has 0 fully saturated rings. The number of benzene rings is 1. The van der Waals surface area contributed by atoms with Crippen molar-refractivity contribution in [3.8, 4) is 0 Å². The lowest BCUT2D eigenvalue weighted by Gasteiger charge is -2.12. The molecule has 18 heavy (non-hydrogen) atoms. The summed E-state index contributed by atoms with van der Waals surface area (Å²) in [5, 5.41) is 8.58. The van der Waals surface area contributed by atoms with E-state index in [0.717, 1.165) is 17.7 Å². The Morgan fingerprint density at radius 1 is 1.33 bits per heavy atom. The zero-order chi connectivity index (χ0) is 13.7. The summed E-state index contributed by atoms with van der Waals surface area (Å²) in [7, 11) is 0. The SMILES string of the molecule is CC(C)/C(=C\CCC(=O)O)c1ccc(F)c(F)c1. The molecule has 1 rings (SSSR count). The van der Waals surface area contributed by atoms with Gasteiger partial charge in [0, 0.05) is 6.42 Å². The molecule has 0 aromatic heterocycles. The van der Waals surface area contributed by atoms with Gasteiger partial charge in [0.2, 0.25) is 0 Å². The Balaban J connectivity index is 2.97. The molecule has 0 atom stereocenters. The molecule has 0 heterocycles. The predicted octanol–water partition coefficient (Wildman–Crippen LogP) is 3.87. The van der Waals surface area contributed by atoms with Gasteiger partial charge in [0.15, 0.2) is 11.6 Å². The molecule has 1 N–H and O–H groups in total. The molecule has 2 nitrogen and oxygen atoms in total. The Hall–Kier alpha value is -1.71. The van der Waals surface area contributed by atoms with Crippen molar-refractivity contribution in [2.75, 3.05) is 0 Å². The summed E-state index contributed by atoms with van der Waals surface area (Å²) < 4.78 is 26.0. The van der Waals surface area contributed by atoms with Crippen LogP contribution >= 0.6 is 0 Å². The second-order valence-corrected chi connectivity index (χ2v) is 4.38. The van der Waals surface area contributed by atoms with Gasteiger partial charge >= 0.3 is 5.97 Å². The highest BCUT2D eigenvalue weighted by Gasteiger charge is 2.10. The van der Waals surface area contributed by atoms with Gasteiger partial charge in [-0.3, -0.25) is 4.79 Å². The van der Waals surface area contributed by atoms with Crippen LogP contribution in [0.3, 0.4) is 0 Å². The molecule has 0 aliphatic rings. The van der Waals surface area contributed by atoms with Gasteiger partial charge in [-0.05, 0) is 35.6 Å². The van der Waals surface area contributed by atoms with Crippen LogP contribution in [0.15, 0.2) is 24.3 Å². The number of allylic oxidation sites excluding steroid dienone is 2. The normalized spacial score (nSPS) is 11.9. The number of hydrogen-bond donors (Lipinski definition) is 1. The van der Waals surface area contributed by atoms with E-state index in [1.807, 2.05) is 13.8 Å². The Morgan fingerprint density at radius 3 is 2.50 bits per heavy atom. The first-order chi connectivity index (χ1) is 8.41. The van der Waals surface area contributed by atoms with Crippen LogP contribution in [0.25, 0.3) is 5.57 Å². The summed E-state index contributed by atoms with van der Waals surface area (Å²) in [5.74, 6) is -2.53. The number of carboxylic acid groups (broad SMARTS) is 1. The zero-order valence-electron chi connectivity index (χ0n) is 10.4. The molecule has 4 heteroatoms. The Labute approximate surface area is 105 Å². The average molecular weight is 254 g/mol. The first-order valence-corrected chi connectivity index (χ1v) is 5.79. The van der Waals surface area contributed by atoms with Crippen molar-refractivity contribution in [2.24, 2.45) is 5.92 Å². The van der Waals surface area contributed by atoms with Crippen LogP contribution in [0.1, 0.15) is 32.3 Å². The number of carboxylic acids is 1. The van der Waals surface area contributed by atoms with E-state index < -0.39 is 17.6 Å². The smallest absolute Gasteiger partial charge is 0.303 e. The fraction of sp³-hybridized carbons (Fsp3) is 0.357. The molecule has 0 unspecified atom stereocenters. The van der Waals surface area contributed by atoms with Crippen molar-refractivity contribution in [2.45, 2.75) is 26.7 Å². The quantitative estimate of drug-likeness (QED) is 0.866. The fourth-order valence-electron chi connectivity index (χ4n) is 1.71. The lowest BCUT2D eigenvalue weighted by molar-refractivity contribution is -0.136. The van der Waals surface area contributed by atoms with Gasteiger partial charge in [-0.25, -0.2) is 8.78 Å². The summed E-state index contributed by atoms with van der Waals surface area (Å²) in [6.45, 7) is 3.85. The van der Waals surface area contributed by atoms with Gasteiger partial charge in [-0.2, -0.15) is 0 Å².